The minimum atomic E-state index is -1.71. The van der Waals surface area contributed by atoms with E-state index in [-0.39, 0.29) is 63.5 Å². The van der Waals surface area contributed by atoms with E-state index >= 15 is 0 Å². The minimum Gasteiger partial charge on any atom is -0.507 e. The van der Waals surface area contributed by atoms with Crippen molar-refractivity contribution in [3.05, 3.63) is 87.0 Å². The predicted molar refractivity (Wildman–Crippen MR) is 167 cm³/mol. The number of hydrogen-bond donors (Lipinski definition) is 6. The highest BCUT2D eigenvalue weighted by Gasteiger charge is 2.44. The molecule has 2 aliphatic rings. The smallest absolute Gasteiger partial charge is 0.308 e. The van der Waals surface area contributed by atoms with Crippen molar-refractivity contribution in [1.29, 1.82) is 0 Å². The maximum Gasteiger partial charge on any atom is 0.308 e. The lowest BCUT2D eigenvalue weighted by Gasteiger charge is -2.39. The number of phenolic OH excluding ortho intramolecular Hbond substituents is 1. The summed E-state index contributed by atoms with van der Waals surface area (Å²) < 4.78 is 17.0. The van der Waals surface area contributed by atoms with Gasteiger partial charge in [0.25, 0.3) is 0 Å². The summed E-state index contributed by atoms with van der Waals surface area (Å²) in [5.41, 5.74) is -0.0337. The number of esters is 1. The molecule has 0 radical (unpaired) electrons. The zero-order valence-corrected chi connectivity index (χ0v) is 25.8. The molecule has 12 heteroatoms. The van der Waals surface area contributed by atoms with Crippen molar-refractivity contribution >= 4 is 29.7 Å². The monoisotopic (exact) mass is 648 g/mol. The molecule has 6 N–H and O–H groups in total. The Morgan fingerprint density at radius 2 is 1.62 bits per heavy atom. The normalized spacial score (nSPS) is 22.2. The first-order valence-corrected chi connectivity index (χ1v) is 15.2. The van der Waals surface area contributed by atoms with Crippen LogP contribution < -0.4 is 9.47 Å². The molecular weight excluding hydrogens is 612 g/mol. The van der Waals surface area contributed by atoms with Crippen LogP contribution in [0.5, 0.6) is 17.2 Å². The molecule has 0 amide bonds. The number of aliphatic hydroxyl groups is 5. The summed E-state index contributed by atoms with van der Waals surface area (Å²) in [5, 5.41) is 62.3. The van der Waals surface area contributed by atoms with Crippen LogP contribution in [0.2, 0.25) is 0 Å². The Labute approximate surface area is 270 Å². The molecule has 1 aliphatic heterocycles. The number of fused-ring (bicyclic) bond motifs is 2. The third-order valence-corrected chi connectivity index (χ3v) is 8.25. The zero-order valence-electron chi connectivity index (χ0n) is 25.8. The van der Waals surface area contributed by atoms with Gasteiger partial charge in [0.1, 0.15) is 35.6 Å². The van der Waals surface area contributed by atoms with Gasteiger partial charge >= 0.3 is 5.97 Å². The number of ketones is 2. The van der Waals surface area contributed by atoms with Gasteiger partial charge in [0.2, 0.25) is 6.29 Å². The molecular formula is C35H36O12. The number of benzene rings is 3. The van der Waals surface area contributed by atoms with Crippen LogP contribution in [0.3, 0.4) is 0 Å². The van der Waals surface area contributed by atoms with Crippen molar-refractivity contribution in [2.24, 2.45) is 0 Å². The summed E-state index contributed by atoms with van der Waals surface area (Å²) in [6.45, 7) is 1.79. The van der Waals surface area contributed by atoms with Gasteiger partial charge in [-0.25, -0.2) is 0 Å². The van der Waals surface area contributed by atoms with Gasteiger partial charge in [0, 0.05) is 41.3 Å². The molecule has 1 saturated heterocycles. The number of aromatic hydroxyl groups is 1. The van der Waals surface area contributed by atoms with E-state index in [1.165, 1.54) is 32.1 Å². The van der Waals surface area contributed by atoms with Crippen molar-refractivity contribution < 1.29 is 59.2 Å². The van der Waals surface area contributed by atoms with Crippen molar-refractivity contribution in [2.75, 3.05) is 6.61 Å². The second-order valence-corrected chi connectivity index (χ2v) is 11.5. The number of carbonyl (C=O) groups excluding carboxylic acids is 3. The van der Waals surface area contributed by atoms with Crippen molar-refractivity contribution in [3.8, 4) is 17.2 Å². The Bertz CT molecular complexity index is 1710. The summed E-state index contributed by atoms with van der Waals surface area (Å²) in [4.78, 5) is 40.7. The SMILES string of the molecule is CC(=O)Oc1cc(CO)c2c(c1C=Cc1ccccc1)C(=O)c1cc(OC3OC(C)C(O)C(O)C3O)c(CCCCO)c(O)c1C2=O. The number of hydrogen-bond acceptors (Lipinski definition) is 12. The minimum absolute atomic E-state index is 0.000992. The average Bonchev–Trinajstić information content (AvgIpc) is 3.05. The van der Waals surface area contributed by atoms with Crippen LogP contribution in [0, 0.1) is 0 Å². The van der Waals surface area contributed by atoms with Crippen LogP contribution >= 0.6 is 0 Å². The summed E-state index contributed by atoms with van der Waals surface area (Å²) in [6, 6.07) is 11.6. The largest absolute Gasteiger partial charge is 0.507 e. The van der Waals surface area contributed by atoms with Crippen molar-refractivity contribution in [1.82, 2.24) is 0 Å². The highest BCUT2D eigenvalue weighted by molar-refractivity contribution is 6.31. The van der Waals surface area contributed by atoms with E-state index < -0.39 is 60.6 Å². The molecule has 0 bridgehead atoms. The first-order chi connectivity index (χ1) is 22.5. The Morgan fingerprint density at radius 3 is 2.28 bits per heavy atom. The van der Waals surface area contributed by atoms with Crippen LogP contribution in [0.1, 0.15) is 80.8 Å². The fourth-order valence-electron chi connectivity index (χ4n) is 5.85. The number of phenols is 1. The van der Waals surface area contributed by atoms with Gasteiger partial charge in [0.05, 0.1) is 18.3 Å². The quantitative estimate of drug-likeness (QED) is 0.0635. The number of carbonyl (C=O) groups is 3. The fourth-order valence-corrected chi connectivity index (χ4v) is 5.85. The second kappa shape index (κ2) is 14.1. The van der Waals surface area contributed by atoms with Crippen LogP contribution in [0.15, 0.2) is 42.5 Å². The molecule has 0 saturated carbocycles. The third kappa shape index (κ3) is 6.57. The summed E-state index contributed by atoms with van der Waals surface area (Å²) in [6.07, 6.45) is -3.29. The van der Waals surface area contributed by atoms with E-state index in [0.717, 1.165) is 5.56 Å². The van der Waals surface area contributed by atoms with Crippen LogP contribution in [-0.2, 0) is 22.6 Å². The lowest BCUT2D eigenvalue weighted by atomic mass is 9.77. The van der Waals surface area contributed by atoms with Gasteiger partial charge < -0.3 is 44.8 Å². The first-order valence-electron chi connectivity index (χ1n) is 15.2. The van der Waals surface area contributed by atoms with E-state index in [1.54, 1.807) is 30.3 Å². The van der Waals surface area contributed by atoms with Gasteiger partial charge in [-0.3, -0.25) is 14.4 Å². The summed E-state index contributed by atoms with van der Waals surface area (Å²) >= 11 is 0. The average molecular weight is 649 g/mol. The molecule has 5 atom stereocenters. The lowest BCUT2D eigenvalue weighted by Crippen LogP contribution is -2.58. The van der Waals surface area contributed by atoms with E-state index in [2.05, 4.69) is 0 Å². The van der Waals surface area contributed by atoms with E-state index in [0.29, 0.717) is 12.8 Å². The standard InChI is InChI=1S/C35H36O12/c1-17-29(39)33(43)34(44)35(45-17)47-25-15-23-28(30(40)22(25)10-6-7-13-36)32(42)26-20(16-37)14-24(46-18(2)38)21(27(26)31(23)41)12-11-19-8-4-3-5-9-19/h3-5,8-9,11-12,14-15,17,29,33-37,39-40,43-44H,6-7,10,13,16H2,1-2H3. The molecule has 1 fully saturated rings. The molecule has 5 rings (SSSR count). The Morgan fingerprint density at radius 1 is 0.894 bits per heavy atom. The molecule has 3 aromatic carbocycles. The maximum absolute atomic E-state index is 14.4. The highest BCUT2D eigenvalue weighted by atomic mass is 16.7. The maximum atomic E-state index is 14.4. The lowest BCUT2D eigenvalue weighted by molar-refractivity contribution is -0.268. The molecule has 0 aromatic heterocycles. The summed E-state index contributed by atoms with van der Waals surface area (Å²) in [7, 11) is 0. The number of ether oxygens (including phenoxy) is 3. The Kier molecular flexibility index (Phi) is 10.2. The Balaban J connectivity index is 1.70. The molecule has 1 aliphatic carbocycles. The number of aliphatic hydroxyl groups excluding tert-OH is 5. The zero-order chi connectivity index (χ0) is 34.0. The van der Waals surface area contributed by atoms with Crippen LogP contribution in [0.4, 0.5) is 0 Å². The number of unbranched alkanes of at least 4 members (excludes halogenated alkanes) is 1. The predicted octanol–water partition coefficient (Wildman–Crippen LogP) is 2.28. The molecule has 47 heavy (non-hydrogen) atoms. The van der Waals surface area contributed by atoms with E-state index in [4.69, 9.17) is 14.2 Å². The van der Waals surface area contributed by atoms with Crippen molar-refractivity contribution in [2.45, 2.75) is 70.4 Å². The Hall–Kier alpha value is -4.43. The topological polar surface area (TPSA) is 200 Å². The summed E-state index contributed by atoms with van der Waals surface area (Å²) in [5.74, 6) is -3.00. The van der Waals surface area contributed by atoms with Gasteiger partial charge in [-0.05, 0) is 55.5 Å². The van der Waals surface area contributed by atoms with Crippen molar-refractivity contribution in [3.63, 3.8) is 0 Å². The second-order valence-electron chi connectivity index (χ2n) is 11.5. The van der Waals surface area contributed by atoms with E-state index in [9.17, 15) is 45.0 Å². The molecule has 248 valence electrons. The van der Waals surface area contributed by atoms with Gasteiger partial charge in [-0.2, -0.15) is 0 Å². The van der Waals surface area contributed by atoms with Gasteiger partial charge in [-0.1, -0.05) is 36.4 Å². The van der Waals surface area contributed by atoms with E-state index in [1.807, 2.05) is 6.07 Å². The fraction of sp³-hybridized carbons (Fsp3) is 0.343. The molecule has 1 heterocycles. The van der Waals surface area contributed by atoms with Crippen LogP contribution in [0.25, 0.3) is 12.2 Å². The molecule has 5 unspecified atom stereocenters. The highest BCUT2D eigenvalue weighted by Crippen LogP contribution is 2.45. The van der Waals surface area contributed by atoms with Gasteiger partial charge in [0.15, 0.2) is 11.6 Å². The third-order valence-electron chi connectivity index (χ3n) is 8.25. The molecule has 12 nitrogen and oxygen atoms in total. The first kappa shape index (κ1) is 33.9. The van der Waals surface area contributed by atoms with Gasteiger partial charge in [-0.15, -0.1) is 0 Å². The molecule has 3 aromatic rings. The number of rotatable bonds is 10. The molecule has 0 spiro atoms. The van der Waals surface area contributed by atoms with Crippen LogP contribution in [-0.4, -0.2) is 85.5 Å².